The topological polar surface area (TPSA) is 97.4 Å². The molecule has 4 aromatic rings. The Kier molecular flexibility index (Phi) is 6.72. The Morgan fingerprint density at radius 1 is 0.892 bits per heavy atom. The molecule has 0 spiro atoms. The molecule has 0 bridgehead atoms. The molecule has 184 valence electrons. The summed E-state index contributed by atoms with van der Waals surface area (Å²) in [6, 6.07) is 22.1. The summed E-state index contributed by atoms with van der Waals surface area (Å²) in [5, 5.41) is 0.650. The first-order valence-electron chi connectivity index (χ1n) is 11.7. The number of para-hydroxylation sites is 1. The predicted octanol–water partition coefficient (Wildman–Crippen LogP) is 4.48. The van der Waals surface area contributed by atoms with Crippen LogP contribution in [0.25, 0.3) is 22.6 Å². The van der Waals surface area contributed by atoms with Crippen LogP contribution >= 0.6 is 0 Å². The first-order valence-corrected chi connectivity index (χ1v) is 11.7. The van der Waals surface area contributed by atoms with Gasteiger partial charge < -0.3 is 4.74 Å². The van der Waals surface area contributed by atoms with Crippen molar-refractivity contribution in [3.8, 4) is 0 Å². The lowest BCUT2D eigenvalue weighted by Crippen LogP contribution is -2.43. The van der Waals surface area contributed by atoms with Gasteiger partial charge in [-0.1, -0.05) is 48.5 Å². The number of hydrogen-bond acceptors (Lipinski definition) is 5. The molecule has 1 heterocycles. The van der Waals surface area contributed by atoms with E-state index in [0.29, 0.717) is 22.9 Å². The third kappa shape index (κ3) is 5.23. The number of carbonyl (C=O) groups excluding carboxylic acids is 3. The minimum absolute atomic E-state index is 0.164. The van der Waals surface area contributed by atoms with Crippen LogP contribution in [0.4, 0.5) is 4.39 Å². The zero-order valence-corrected chi connectivity index (χ0v) is 19.7. The van der Waals surface area contributed by atoms with Gasteiger partial charge in [-0.25, -0.2) is 14.2 Å². The number of fused-ring (bicyclic) bond motifs is 2. The normalized spacial score (nSPS) is 13.3. The summed E-state index contributed by atoms with van der Waals surface area (Å²) < 4.78 is 18.4. The summed E-state index contributed by atoms with van der Waals surface area (Å²) in [4.78, 5) is 42.4. The molecule has 0 unspecified atom stereocenters. The first kappa shape index (κ1) is 23.9. The lowest BCUT2D eigenvalue weighted by atomic mass is 10.0. The number of rotatable bonds is 5. The number of aromatic nitrogens is 1. The molecule has 1 aromatic heterocycles. The molecule has 2 N–H and O–H groups in total. The number of nitrogens with one attached hydrogen (secondary N) is 2. The molecule has 0 aliphatic heterocycles. The lowest BCUT2D eigenvalue weighted by molar-refractivity contribution is -0.125. The number of amides is 2. The fourth-order valence-electron chi connectivity index (χ4n) is 4.30. The summed E-state index contributed by atoms with van der Waals surface area (Å²) in [6.45, 7) is -0.597. The molecular weight excluding hydrogens is 473 g/mol. The minimum Gasteiger partial charge on any atom is -0.452 e. The molecule has 2 amide bonds. The number of nitrogens with zero attached hydrogens (tertiary/aromatic N) is 1. The maximum atomic E-state index is 13.2. The third-order valence-corrected chi connectivity index (χ3v) is 6.04. The molecule has 0 fully saturated rings. The third-order valence-electron chi connectivity index (χ3n) is 6.04. The molecule has 1 aliphatic carbocycles. The largest absolute Gasteiger partial charge is 0.452 e. The number of hydrogen-bond donors (Lipinski definition) is 2. The molecule has 1 aliphatic rings. The van der Waals surface area contributed by atoms with Gasteiger partial charge in [0.2, 0.25) is 0 Å². The van der Waals surface area contributed by atoms with Gasteiger partial charge in [-0.15, -0.1) is 0 Å². The molecule has 8 heteroatoms. The summed E-state index contributed by atoms with van der Waals surface area (Å²) in [5.41, 5.74) is 9.24. The van der Waals surface area contributed by atoms with Crippen molar-refractivity contribution in [2.75, 3.05) is 6.61 Å². The van der Waals surface area contributed by atoms with Crippen LogP contribution in [-0.2, 0) is 16.0 Å². The van der Waals surface area contributed by atoms with Crippen molar-refractivity contribution >= 4 is 40.3 Å². The predicted molar refractivity (Wildman–Crippen MR) is 137 cm³/mol. The zero-order chi connectivity index (χ0) is 25.8. The number of carbonyl (C=O) groups is 3. The van der Waals surface area contributed by atoms with Gasteiger partial charge >= 0.3 is 5.97 Å². The van der Waals surface area contributed by atoms with E-state index < -0.39 is 30.2 Å². The minimum atomic E-state index is -0.719. The second-order valence-corrected chi connectivity index (χ2v) is 8.50. The van der Waals surface area contributed by atoms with Crippen molar-refractivity contribution in [2.45, 2.75) is 12.8 Å². The van der Waals surface area contributed by atoms with E-state index in [2.05, 4.69) is 16.9 Å². The molecule has 7 nitrogen and oxygen atoms in total. The molecule has 0 radical (unpaired) electrons. The Morgan fingerprint density at radius 2 is 1.62 bits per heavy atom. The smallest absolute Gasteiger partial charge is 0.339 e. The molecule has 37 heavy (non-hydrogen) atoms. The van der Waals surface area contributed by atoms with Crippen molar-refractivity contribution in [1.29, 1.82) is 0 Å². The van der Waals surface area contributed by atoms with E-state index in [-0.39, 0.29) is 5.56 Å². The Morgan fingerprint density at radius 3 is 2.41 bits per heavy atom. The van der Waals surface area contributed by atoms with E-state index in [0.717, 1.165) is 40.9 Å². The van der Waals surface area contributed by atoms with E-state index in [1.807, 2.05) is 48.5 Å². The Labute approximate surface area is 212 Å². The van der Waals surface area contributed by atoms with E-state index >= 15 is 0 Å². The lowest BCUT2D eigenvalue weighted by Gasteiger charge is -2.13. The van der Waals surface area contributed by atoms with E-state index in [1.165, 1.54) is 12.1 Å². The Balaban J connectivity index is 1.32. The quantitative estimate of drug-likeness (QED) is 0.314. The van der Waals surface area contributed by atoms with Crippen molar-refractivity contribution in [3.63, 3.8) is 0 Å². The number of benzene rings is 3. The summed E-state index contributed by atoms with van der Waals surface area (Å²) >= 11 is 0. The number of halogens is 1. The van der Waals surface area contributed by atoms with E-state index in [4.69, 9.17) is 9.72 Å². The van der Waals surface area contributed by atoms with Gasteiger partial charge in [0.05, 0.1) is 16.8 Å². The van der Waals surface area contributed by atoms with E-state index in [9.17, 15) is 18.8 Å². The monoisotopic (exact) mass is 495 g/mol. The highest BCUT2D eigenvalue weighted by atomic mass is 19.1. The van der Waals surface area contributed by atoms with E-state index in [1.54, 1.807) is 6.07 Å². The Hall–Kier alpha value is -4.85. The summed E-state index contributed by atoms with van der Waals surface area (Å²) in [5.74, 6) is -2.47. The van der Waals surface area contributed by atoms with Crippen LogP contribution in [0.15, 0.2) is 78.9 Å². The van der Waals surface area contributed by atoms with Crippen molar-refractivity contribution in [2.24, 2.45) is 0 Å². The van der Waals surface area contributed by atoms with Gasteiger partial charge in [-0.3, -0.25) is 20.4 Å². The first-order chi connectivity index (χ1) is 18.0. The summed E-state index contributed by atoms with van der Waals surface area (Å²) in [7, 11) is 0. The molecular formula is C29H22FN3O4. The number of esters is 1. The number of ether oxygens (including phenoxy) is 1. The second-order valence-electron chi connectivity index (χ2n) is 8.50. The molecule has 0 atom stereocenters. The molecule has 5 rings (SSSR count). The van der Waals surface area contributed by atoms with Gasteiger partial charge in [-0.05, 0) is 65.9 Å². The zero-order valence-electron chi connectivity index (χ0n) is 19.7. The number of allylic oxidation sites excluding steroid dienone is 1. The van der Waals surface area contributed by atoms with Crippen LogP contribution in [0.1, 0.15) is 44.0 Å². The van der Waals surface area contributed by atoms with Crippen LogP contribution in [0, 0.1) is 5.82 Å². The highest BCUT2D eigenvalue weighted by Crippen LogP contribution is 2.37. The van der Waals surface area contributed by atoms with Crippen molar-refractivity contribution < 1.29 is 23.5 Å². The van der Waals surface area contributed by atoms with Crippen LogP contribution in [-0.4, -0.2) is 29.4 Å². The standard InChI is InChI=1S/C29H22FN3O4/c30-21-13-10-19(11-14-21)28(35)33-32-25(34)17-37-29(36)26-22-8-4-5-9-24(22)31-27-20(12-15-23(26)27)16-18-6-2-1-3-7-18/h1-11,13-14,16H,12,15,17H2,(H,32,34)(H,33,35)/b20-16+. The maximum Gasteiger partial charge on any atom is 0.339 e. The average molecular weight is 496 g/mol. The highest BCUT2D eigenvalue weighted by Gasteiger charge is 2.28. The van der Waals surface area contributed by atoms with Crippen molar-refractivity contribution in [1.82, 2.24) is 15.8 Å². The van der Waals surface area contributed by atoms with Gasteiger partial charge in [0.1, 0.15) is 5.82 Å². The number of pyridine rings is 1. The van der Waals surface area contributed by atoms with Crippen LogP contribution in [0.3, 0.4) is 0 Å². The van der Waals surface area contributed by atoms with Crippen LogP contribution in [0.5, 0.6) is 0 Å². The van der Waals surface area contributed by atoms with Gasteiger partial charge in [0.15, 0.2) is 6.61 Å². The second kappa shape index (κ2) is 10.4. The van der Waals surface area contributed by atoms with Crippen LogP contribution < -0.4 is 10.9 Å². The van der Waals surface area contributed by atoms with Gasteiger partial charge in [0, 0.05) is 10.9 Å². The fourth-order valence-corrected chi connectivity index (χ4v) is 4.30. The number of hydrazine groups is 1. The average Bonchev–Trinajstić information content (AvgIpc) is 3.31. The highest BCUT2D eigenvalue weighted by molar-refractivity contribution is 6.07. The fraction of sp³-hybridized carbons (Fsp3) is 0.103. The molecule has 0 saturated carbocycles. The molecule has 3 aromatic carbocycles. The van der Waals surface area contributed by atoms with Gasteiger partial charge in [-0.2, -0.15) is 0 Å². The van der Waals surface area contributed by atoms with Crippen LogP contribution in [0.2, 0.25) is 0 Å². The van der Waals surface area contributed by atoms with Crippen molar-refractivity contribution in [3.05, 3.63) is 113 Å². The maximum absolute atomic E-state index is 13.2. The Bertz CT molecular complexity index is 1530. The SMILES string of the molecule is O=C(COC(=O)c1c2c(nc3ccccc13)/C(=C/c1ccccc1)CC2)NNC(=O)c1ccc(F)cc1. The van der Waals surface area contributed by atoms with Gasteiger partial charge in [0.25, 0.3) is 11.8 Å². The summed E-state index contributed by atoms with van der Waals surface area (Å²) in [6.07, 6.45) is 3.42. The molecule has 0 saturated heterocycles.